The molecule has 0 radical (unpaired) electrons. The molecule has 0 saturated carbocycles. The number of carbonyl (C=O) groups is 2. The third kappa shape index (κ3) is 4.78. The second kappa shape index (κ2) is 9.50. The molecule has 0 atom stereocenters. The molecule has 1 aromatic rings. The Morgan fingerprint density at radius 2 is 1.54 bits per heavy atom. The van der Waals surface area contributed by atoms with Crippen LogP contribution in [0.15, 0.2) is 18.2 Å². The SMILES string of the molecule is COc1ccc(CNC(=O)N2CCN(C(=O)N3CCOCC3)CC2)cc1OC. The highest BCUT2D eigenvalue weighted by Crippen LogP contribution is 2.27. The highest BCUT2D eigenvalue weighted by molar-refractivity contribution is 5.76. The molecule has 28 heavy (non-hydrogen) atoms. The average molecular weight is 392 g/mol. The second-order valence-corrected chi connectivity index (χ2v) is 6.70. The molecular weight excluding hydrogens is 364 g/mol. The number of nitrogens with zero attached hydrogens (tertiary/aromatic N) is 3. The molecule has 4 amide bonds. The van der Waals surface area contributed by atoms with Crippen molar-refractivity contribution in [2.24, 2.45) is 0 Å². The molecule has 154 valence electrons. The normalized spacial score (nSPS) is 17.3. The van der Waals surface area contributed by atoms with Gasteiger partial charge in [0.1, 0.15) is 0 Å². The fraction of sp³-hybridized carbons (Fsp3) is 0.579. The summed E-state index contributed by atoms with van der Waals surface area (Å²) in [7, 11) is 3.17. The molecule has 9 heteroatoms. The van der Waals surface area contributed by atoms with Gasteiger partial charge in [-0.1, -0.05) is 6.07 Å². The van der Waals surface area contributed by atoms with Gasteiger partial charge < -0.3 is 34.2 Å². The van der Waals surface area contributed by atoms with Crippen LogP contribution in [-0.2, 0) is 11.3 Å². The van der Waals surface area contributed by atoms with E-state index in [-0.39, 0.29) is 12.1 Å². The van der Waals surface area contributed by atoms with E-state index in [1.807, 2.05) is 28.0 Å². The maximum absolute atomic E-state index is 12.5. The first-order valence-corrected chi connectivity index (χ1v) is 9.47. The Morgan fingerprint density at radius 1 is 0.929 bits per heavy atom. The smallest absolute Gasteiger partial charge is 0.320 e. The number of piperazine rings is 1. The van der Waals surface area contributed by atoms with E-state index in [1.54, 1.807) is 19.1 Å². The predicted molar refractivity (Wildman–Crippen MR) is 103 cm³/mol. The lowest BCUT2D eigenvalue weighted by Gasteiger charge is -2.38. The lowest BCUT2D eigenvalue weighted by molar-refractivity contribution is 0.0392. The number of methoxy groups -OCH3 is 2. The van der Waals surface area contributed by atoms with E-state index < -0.39 is 0 Å². The van der Waals surface area contributed by atoms with Crippen LogP contribution in [0.3, 0.4) is 0 Å². The molecule has 1 N–H and O–H groups in total. The van der Waals surface area contributed by atoms with Gasteiger partial charge in [0.05, 0.1) is 27.4 Å². The van der Waals surface area contributed by atoms with Gasteiger partial charge in [0.2, 0.25) is 0 Å². The van der Waals surface area contributed by atoms with E-state index >= 15 is 0 Å². The summed E-state index contributed by atoms with van der Waals surface area (Å²) in [5, 5.41) is 2.93. The molecule has 2 saturated heterocycles. The first kappa shape index (κ1) is 20.1. The van der Waals surface area contributed by atoms with Crippen LogP contribution in [0.1, 0.15) is 5.56 Å². The van der Waals surface area contributed by atoms with Crippen molar-refractivity contribution >= 4 is 12.1 Å². The Kier molecular flexibility index (Phi) is 6.80. The molecule has 0 bridgehead atoms. The van der Waals surface area contributed by atoms with Gasteiger partial charge in [-0.25, -0.2) is 9.59 Å². The third-order valence-corrected chi connectivity index (χ3v) is 5.01. The highest BCUT2D eigenvalue weighted by atomic mass is 16.5. The summed E-state index contributed by atoms with van der Waals surface area (Å²) >= 11 is 0. The van der Waals surface area contributed by atoms with Crippen LogP contribution in [0.5, 0.6) is 11.5 Å². The maximum Gasteiger partial charge on any atom is 0.320 e. The Bertz CT molecular complexity index is 685. The second-order valence-electron chi connectivity index (χ2n) is 6.70. The molecule has 0 aliphatic carbocycles. The number of morpholine rings is 1. The van der Waals surface area contributed by atoms with E-state index in [9.17, 15) is 9.59 Å². The zero-order valence-electron chi connectivity index (χ0n) is 16.5. The number of hydrogen-bond acceptors (Lipinski definition) is 5. The maximum atomic E-state index is 12.5. The number of rotatable bonds is 4. The topological polar surface area (TPSA) is 83.6 Å². The van der Waals surface area contributed by atoms with Crippen LogP contribution in [0, 0.1) is 0 Å². The first-order chi connectivity index (χ1) is 13.6. The molecule has 2 aliphatic heterocycles. The van der Waals surface area contributed by atoms with E-state index in [1.165, 1.54) is 0 Å². The number of urea groups is 2. The van der Waals surface area contributed by atoms with Crippen molar-refractivity contribution in [1.29, 1.82) is 0 Å². The summed E-state index contributed by atoms with van der Waals surface area (Å²) < 4.78 is 15.8. The van der Waals surface area contributed by atoms with Gasteiger partial charge in [0.25, 0.3) is 0 Å². The van der Waals surface area contributed by atoms with Gasteiger partial charge in [-0.3, -0.25) is 0 Å². The van der Waals surface area contributed by atoms with Crippen LogP contribution in [0.4, 0.5) is 9.59 Å². The number of ether oxygens (including phenoxy) is 3. The molecule has 0 aromatic heterocycles. The molecule has 1 aromatic carbocycles. The van der Waals surface area contributed by atoms with Gasteiger partial charge in [-0.05, 0) is 17.7 Å². The monoisotopic (exact) mass is 392 g/mol. The standard InChI is InChI=1S/C19H28N4O5/c1-26-16-4-3-15(13-17(16)27-2)14-20-18(24)21-5-7-22(8-6-21)19(25)23-9-11-28-12-10-23/h3-4,13H,5-12,14H2,1-2H3,(H,20,24). The minimum Gasteiger partial charge on any atom is -0.493 e. The molecule has 2 aliphatic rings. The van der Waals surface area contributed by atoms with E-state index in [0.29, 0.717) is 70.5 Å². The van der Waals surface area contributed by atoms with Crippen LogP contribution in [0.25, 0.3) is 0 Å². The Balaban J connectivity index is 1.45. The van der Waals surface area contributed by atoms with Gasteiger partial charge in [0.15, 0.2) is 11.5 Å². The lowest BCUT2D eigenvalue weighted by Crippen LogP contribution is -2.56. The van der Waals surface area contributed by atoms with Crippen molar-refractivity contribution in [3.05, 3.63) is 23.8 Å². The Labute approximate surface area is 165 Å². The van der Waals surface area contributed by atoms with E-state index in [4.69, 9.17) is 14.2 Å². The zero-order chi connectivity index (χ0) is 19.9. The largest absolute Gasteiger partial charge is 0.493 e. The third-order valence-electron chi connectivity index (χ3n) is 5.01. The van der Waals surface area contributed by atoms with Crippen LogP contribution >= 0.6 is 0 Å². The minimum absolute atomic E-state index is 0.0358. The van der Waals surface area contributed by atoms with E-state index in [2.05, 4.69) is 5.32 Å². The van der Waals surface area contributed by atoms with Crippen molar-refractivity contribution < 1.29 is 23.8 Å². The predicted octanol–water partition coefficient (Wildman–Crippen LogP) is 0.983. The van der Waals surface area contributed by atoms with Gasteiger partial charge in [-0.15, -0.1) is 0 Å². The van der Waals surface area contributed by atoms with Crippen molar-refractivity contribution in [3.8, 4) is 11.5 Å². The summed E-state index contributed by atoms with van der Waals surface area (Å²) in [6.07, 6.45) is 0. The summed E-state index contributed by atoms with van der Waals surface area (Å²) in [4.78, 5) is 30.3. The zero-order valence-corrected chi connectivity index (χ0v) is 16.5. The summed E-state index contributed by atoms with van der Waals surface area (Å²) in [5.74, 6) is 1.28. The fourth-order valence-corrected chi connectivity index (χ4v) is 3.34. The van der Waals surface area contributed by atoms with Crippen LogP contribution in [-0.4, -0.2) is 93.5 Å². The molecule has 2 fully saturated rings. The molecular formula is C19H28N4O5. The molecule has 0 spiro atoms. The lowest BCUT2D eigenvalue weighted by atomic mass is 10.2. The van der Waals surface area contributed by atoms with Gasteiger partial charge in [-0.2, -0.15) is 0 Å². The molecule has 3 rings (SSSR count). The summed E-state index contributed by atoms with van der Waals surface area (Å²) in [5.41, 5.74) is 0.923. The first-order valence-electron chi connectivity index (χ1n) is 9.47. The minimum atomic E-state index is -0.131. The molecule has 0 unspecified atom stereocenters. The van der Waals surface area contributed by atoms with Gasteiger partial charge in [0, 0.05) is 45.8 Å². The average Bonchev–Trinajstić information content (AvgIpc) is 2.77. The van der Waals surface area contributed by atoms with Crippen molar-refractivity contribution in [1.82, 2.24) is 20.0 Å². The van der Waals surface area contributed by atoms with Gasteiger partial charge >= 0.3 is 12.1 Å². The number of hydrogen-bond donors (Lipinski definition) is 1. The molecule has 9 nitrogen and oxygen atoms in total. The summed E-state index contributed by atoms with van der Waals surface area (Å²) in [6.45, 7) is 4.96. The van der Waals surface area contributed by atoms with Crippen molar-refractivity contribution in [2.75, 3.05) is 66.7 Å². The highest BCUT2D eigenvalue weighted by Gasteiger charge is 2.27. The van der Waals surface area contributed by atoms with E-state index in [0.717, 1.165) is 5.56 Å². The molecule has 2 heterocycles. The number of carbonyl (C=O) groups excluding carboxylic acids is 2. The van der Waals surface area contributed by atoms with Crippen molar-refractivity contribution in [3.63, 3.8) is 0 Å². The Morgan fingerprint density at radius 3 is 2.18 bits per heavy atom. The summed E-state index contributed by atoms with van der Waals surface area (Å²) in [6, 6.07) is 5.46. The fourth-order valence-electron chi connectivity index (χ4n) is 3.34. The quantitative estimate of drug-likeness (QED) is 0.826. The Hall–Kier alpha value is -2.68. The van der Waals surface area contributed by atoms with Crippen LogP contribution in [0.2, 0.25) is 0 Å². The number of benzene rings is 1. The number of nitrogens with one attached hydrogen (secondary N) is 1. The van der Waals surface area contributed by atoms with Crippen LogP contribution < -0.4 is 14.8 Å². The van der Waals surface area contributed by atoms with Crippen molar-refractivity contribution in [2.45, 2.75) is 6.54 Å². The number of amides is 4.